The van der Waals surface area contributed by atoms with Crippen LogP contribution in [0.4, 0.5) is 28.7 Å². The lowest BCUT2D eigenvalue weighted by molar-refractivity contribution is 0.980. The summed E-state index contributed by atoms with van der Waals surface area (Å²) in [6.07, 6.45) is 1.54. The lowest BCUT2D eigenvalue weighted by Gasteiger charge is -2.24. The molecule has 3 N–H and O–H groups in total. The van der Waals surface area contributed by atoms with E-state index in [1.54, 1.807) is 6.33 Å². The highest BCUT2D eigenvalue weighted by Gasteiger charge is 2.16. The predicted molar refractivity (Wildman–Crippen MR) is 105 cm³/mol. The summed E-state index contributed by atoms with van der Waals surface area (Å²) in [6.45, 7) is 6.98. The number of hydrogen-bond donors (Lipinski definition) is 2. The minimum atomic E-state index is 0.535. The molecule has 1 aromatic heterocycles. The first-order valence-electron chi connectivity index (χ1n) is 8.37. The van der Waals surface area contributed by atoms with Crippen LogP contribution < -0.4 is 16.0 Å². The maximum atomic E-state index is 6.40. The largest absolute Gasteiger partial charge is 0.393 e. The topological polar surface area (TPSA) is 67.1 Å². The Hall–Kier alpha value is -3.08. The summed E-state index contributed by atoms with van der Waals surface area (Å²) >= 11 is 0. The summed E-state index contributed by atoms with van der Waals surface area (Å²) in [6, 6.07) is 16.3. The van der Waals surface area contributed by atoms with E-state index in [0.29, 0.717) is 17.3 Å². The van der Waals surface area contributed by atoms with Crippen molar-refractivity contribution in [2.45, 2.75) is 20.8 Å². The number of anilines is 5. The van der Waals surface area contributed by atoms with Gasteiger partial charge in [0.25, 0.3) is 0 Å². The molecule has 0 amide bonds. The summed E-state index contributed by atoms with van der Waals surface area (Å²) in [7, 11) is 0. The fourth-order valence-corrected chi connectivity index (χ4v) is 2.84. The number of nitrogens with one attached hydrogen (secondary N) is 1. The second kappa shape index (κ2) is 7.21. The molecule has 3 rings (SSSR count). The SMILES string of the molecule is CCN(c1ccccc1)c1ncnc(Nc2ccc(C)cc2C)c1N. The summed E-state index contributed by atoms with van der Waals surface area (Å²) in [5.41, 5.74) is 11.3. The van der Waals surface area contributed by atoms with Crippen LogP contribution in [0.1, 0.15) is 18.1 Å². The highest BCUT2D eigenvalue weighted by atomic mass is 15.2. The molecule has 0 fully saturated rings. The number of nitrogens with two attached hydrogens (primary N) is 1. The van der Waals surface area contributed by atoms with Crippen molar-refractivity contribution < 1.29 is 0 Å². The van der Waals surface area contributed by atoms with Crippen molar-refractivity contribution >= 4 is 28.7 Å². The molecular weight excluding hydrogens is 310 g/mol. The lowest BCUT2D eigenvalue weighted by Crippen LogP contribution is -2.19. The maximum absolute atomic E-state index is 6.40. The van der Waals surface area contributed by atoms with Crippen molar-refractivity contribution in [2.75, 3.05) is 22.5 Å². The van der Waals surface area contributed by atoms with Crippen molar-refractivity contribution in [3.05, 3.63) is 66.0 Å². The first-order chi connectivity index (χ1) is 12.1. The lowest BCUT2D eigenvalue weighted by atomic mass is 10.1. The molecule has 0 spiro atoms. The van der Waals surface area contributed by atoms with Gasteiger partial charge in [-0.1, -0.05) is 35.9 Å². The number of benzene rings is 2. The molecule has 5 heteroatoms. The van der Waals surface area contributed by atoms with Crippen LogP contribution >= 0.6 is 0 Å². The van der Waals surface area contributed by atoms with E-state index in [1.807, 2.05) is 36.4 Å². The number of hydrogen-bond acceptors (Lipinski definition) is 5. The Morgan fingerprint density at radius 3 is 2.48 bits per heavy atom. The number of nitrogens with zero attached hydrogens (tertiary/aromatic N) is 3. The molecule has 0 saturated carbocycles. The summed E-state index contributed by atoms with van der Waals surface area (Å²) < 4.78 is 0. The monoisotopic (exact) mass is 333 g/mol. The van der Waals surface area contributed by atoms with Crippen LogP contribution in [0.15, 0.2) is 54.9 Å². The molecule has 5 nitrogen and oxygen atoms in total. The Balaban J connectivity index is 1.97. The fourth-order valence-electron chi connectivity index (χ4n) is 2.84. The average Bonchev–Trinajstić information content (AvgIpc) is 2.62. The van der Waals surface area contributed by atoms with E-state index in [2.05, 4.69) is 53.1 Å². The molecule has 2 aromatic carbocycles. The molecule has 0 saturated heterocycles. The van der Waals surface area contributed by atoms with Crippen LogP contribution in [0.2, 0.25) is 0 Å². The van der Waals surface area contributed by atoms with Crippen molar-refractivity contribution in [3.63, 3.8) is 0 Å². The van der Waals surface area contributed by atoms with Gasteiger partial charge in [-0.25, -0.2) is 9.97 Å². The van der Waals surface area contributed by atoms with E-state index in [0.717, 1.165) is 23.5 Å². The average molecular weight is 333 g/mol. The van der Waals surface area contributed by atoms with E-state index in [1.165, 1.54) is 5.56 Å². The molecule has 0 unspecified atom stereocenters. The third-order valence-electron chi connectivity index (χ3n) is 4.14. The van der Waals surface area contributed by atoms with Crippen molar-refractivity contribution in [1.29, 1.82) is 0 Å². The second-order valence-corrected chi connectivity index (χ2v) is 5.98. The third-order valence-corrected chi connectivity index (χ3v) is 4.14. The third kappa shape index (κ3) is 3.55. The van der Waals surface area contributed by atoms with Gasteiger partial charge >= 0.3 is 0 Å². The van der Waals surface area contributed by atoms with E-state index >= 15 is 0 Å². The van der Waals surface area contributed by atoms with E-state index in [9.17, 15) is 0 Å². The van der Waals surface area contributed by atoms with Crippen LogP contribution in [0, 0.1) is 13.8 Å². The number of aromatic nitrogens is 2. The summed E-state index contributed by atoms with van der Waals surface area (Å²) in [4.78, 5) is 10.8. The number of rotatable bonds is 5. The maximum Gasteiger partial charge on any atom is 0.161 e. The summed E-state index contributed by atoms with van der Waals surface area (Å²) in [5, 5.41) is 3.34. The Kier molecular flexibility index (Phi) is 4.84. The fraction of sp³-hybridized carbons (Fsp3) is 0.200. The minimum absolute atomic E-state index is 0.535. The molecule has 128 valence electrons. The zero-order valence-corrected chi connectivity index (χ0v) is 14.8. The van der Waals surface area contributed by atoms with Gasteiger partial charge < -0.3 is 16.0 Å². The zero-order chi connectivity index (χ0) is 17.8. The molecule has 0 aliphatic carbocycles. The highest BCUT2D eigenvalue weighted by Crippen LogP contribution is 2.33. The van der Waals surface area contributed by atoms with Crippen molar-refractivity contribution in [3.8, 4) is 0 Å². The van der Waals surface area contributed by atoms with Crippen LogP contribution in [0.5, 0.6) is 0 Å². The Bertz CT molecular complexity index is 861. The number of aryl methyl sites for hydroxylation is 2. The van der Waals surface area contributed by atoms with E-state index in [-0.39, 0.29) is 0 Å². The molecule has 0 bridgehead atoms. The van der Waals surface area contributed by atoms with Gasteiger partial charge in [0.05, 0.1) is 0 Å². The molecule has 0 atom stereocenters. The zero-order valence-electron chi connectivity index (χ0n) is 14.8. The van der Waals surface area contributed by atoms with Crippen LogP contribution in [0.3, 0.4) is 0 Å². The van der Waals surface area contributed by atoms with Crippen LogP contribution in [-0.2, 0) is 0 Å². The Morgan fingerprint density at radius 1 is 1.04 bits per heavy atom. The molecule has 3 aromatic rings. The predicted octanol–water partition coefficient (Wildman–Crippen LogP) is 4.58. The highest BCUT2D eigenvalue weighted by molar-refractivity contribution is 5.81. The van der Waals surface area contributed by atoms with Crippen molar-refractivity contribution in [1.82, 2.24) is 9.97 Å². The van der Waals surface area contributed by atoms with Crippen LogP contribution in [-0.4, -0.2) is 16.5 Å². The number of para-hydroxylation sites is 1. The molecule has 0 aliphatic rings. The Labute approximate surface area is 148 Å². The van der Waals surface area contributed by atoms with Gasteiger partial charge in [0.15, 0.2) is 11.6 Å². The quantitative estimate of drug-likeness (QED) is 0.715. The van der Waals surface area contributed by atoms with Crippen LogP contribution in [0.25, 0.3) is 0 Å². The molecule has 0 aliphatic heterocycles. The van der Waals surface area contributed by atoms with Gasteiger partial charge in [0.2, 0.25) is 0 Å². The van der Waals surface area contributed by atoms with Gasteiger partial charge in [0.1, 0.15) is 12.0 Å². The van der Waals surface area contributed by atoms with Gasteiger partial charge in [-0.15, -0.1) is 0 Å². The van der Waals surface area contributed by atoms with E-state index in [4.69, 9.17) is 5.73 Å². The smallest absolute Gasteiger partial charge is 0.161 e. The first-order valence-corrected chi connectivity index (χ1v) is 8.37. The van der Waals surface area contributed by atoms with Crippen molar-refractivity contribution in [2.24, 2.45) is 0 Å². The van der Waals surface area contributed by atoms with Gasteiger partial charge in [0, 0.05) is 17.9 Å². The van der Waals surface area contributed by atoms with E-state index < -0.39 is 0 Å². The standard InChI is InChI=1S/C20H23N5/c1-4-25(16-8-6-5-7-9-16)20-18(21)19(22-13-23-20)24-17-11-10-14(2)12-15(17)3/h5-13H,4,21H2,1-3H3,(H,22,23,24). The summed E-state index contributed by atoms with van der Waals surface area (Å²) in [5.74, 6) is 1.32. The molecule has 25 heavy (non-hydrogen) atoms. The molecule has 0 radical (unpaired) electrons. The van der Waals surface area contributed by atoms with Gasteiger partial charge in [-0.3, -0.25) is 0 Å². The second-order valence-electron chi connectivity index (χ2n) is 5.98. The number of nitrogen functional groups attached to an aromatic ring is 1. The Morgan fingerprint density at radius 2 is 1.80 bits per heavy atom. The molecular formula is C20H23N5. The molecule has 1 heterocycles. The minimum Gasteiger partial charge on any atom is -0.393 e. The normalized spacial score (nSPS) is 10.5. The van der Waals surface area contributed by atoms with Gasteiger partial charge in [-0.2, -0.15) is 0 Å². The van der Waals surface area contributed by atoms with Gasteiger partial charge in [-0.05, 0) is 44.5 Å². The first kappa shape index (κ1) is 16.8.